The van der Waals surface area contributed by atoms with Crippen LogP contribution in [-0.2, 0) is 10.1 Å². The van der Waals surface area contributed by atoms with Crippen LogP contribution >= 0.6 is 0 Å². The predicted molar refractivity (Wildman–Crippen MR) is 41.9 cm³/mol. The van der Waals surface area contributed by atoms with Crippen LogP contribution in [0.2, 0.25) is 0 Å². The van der Waals surface area contributed by atoms with Crippen molar-refractivity contribution < 1.29 is 13.0 Å². The summed E-state index contributed by atoms with van der Waals surface area (Å²) in [6.45, 7) is 0. The first-order valence-electron chi connectivity index (χ1n) is 3.36. The minimum absolute atomic E-state index is 0.0712. The smallest absolute Gasteiger partial charge is 0.271 e. The third kappa shape index (κ3) is 2.02. The highest BCUT2D eigenvalue weighted by atomic mass is 32.2. The van der Waals surface area contributed by atoms with Gasteiger partial charge in [-0.15, -0.1) is 0 Å². The molecule has 0 aliphatic heterocycles. The quantitative estimate of drug-likeness (QED) is 0.452. The minimum atomic E-state index is -3.87. The van der Waals surface area contributed by atoms with Gasteiger partial charge in [-0.3, -0.25) is 4.55 Å². The van der Waals surface area contributed by atoms with Gasteiger partial charge in [-0.2, -0.15) is 8.42 Å². The molecule has 0 aromatic heterocycles. The molecule has 0 bridgehead atoms. The second-order valence-corrected chi connectivity index (χ2v) is 4.20. The van der Waals surface area contributed by atoms with Crippen LogP contribution in [0.1, 0.15) is 6.42 Å². The Morgan fingerprint density at radius 2 is 2.18 bits per heavy atom. The van der Waals surface area contributed by atoms with Gasteiger partial charge in [0.25, 0.3) is 10.1 Å². The van der Waals surface area contributed by atoms with Crippen LogP contribution in [0.3, 0.4) is 0 Å². The van der Waals surface area contributed by atoms with Crippen LogP contribution < -0.4 is 5.32 Å². The standard InChI is InChI=1S/C6H11NO3S/c1-7-5-2-3-6(4-5)11(8,9)10/h2-3,5-7H,4H2,1H3,(H,8,9,10)/t5-,6+/m1/s1. The first kappa shape index (κ1) is 8.70. The molecule has 0 aromatic carbocycles. The van der Waals surface area contributed by atoms with E-state index in [1.165, 1.54) is 6.08 Å². The van der Waals surface area contributed by atoms with Gasteiger partial charge in [-0.1, -0.05) is 12.2 Å². The molecule has 11 heavy (non-hydrogen) atoms. The van der Waals surface area contributed by atoms with E-state index in [1.54, 1.807) is 13.1 Å². The van der Waals surface area contributed by atoms with Crippen molar-refractivity contribution in [3.63, 3.8) is 0 Å². The summed E-state index contributed by atoms with van der Waals surface area (Å²) in [6, 6.07) is 0.0712. The lowest BCUT2D eigenvalue weighted by Crippen LogP contribution is -2.25. The topological polar surface area (TPSA) is 66.4 Å². The third-order valence-corrected chi connectivity index (χ3v) is 2.91. The summed E-state index contributed by atoms with van der Waals surface area (Å²) >= 11 is 0. The highest BCUT2D eigenvalue weighted by molar-refractivity contribution is 7.86. The average Bonchev–Trinajstić information content (AvgIpc) is 2.32. The van der Waals surface area contributed by atoms with Crippen molar-refractivity contribution in [1.82, 2.24) is 5.32 Å². The highest BCUT2D eigenvalue weighted by Crippen LogP contribution is 2.16. The molecule has 4 nitrogen and oxygen atoms in total. The Hall–Kier alpha value is -0.390. The summed E-state index contributed by atoms with van der Waals surface area (Å²) in [6.07, 6.45) is 3.68. The molecule has 1 rings (SSSR count). The Bertz CT molecular complexity index is 257. The lowest BCUT2D eigenvalue weighted by molar-refractivity contribution is 0.469. The lowest BCUT2D eigenvalue weighted by Gasteiger charge is -2.07. The van der Waals surface area contributed by atoms with Crippen molar-refractivity contribution in [2.45, 2.75) is 17.7 Å². The minimum Gasteiger partial charge on any atom is -0.313 e. The molecule has 0 fully saturated rings. The number of nitrogens with one attached hydrogen (secondary N) is 1. The molecule has 2 N–H and O–H groups in total. The Morgan fingerprint density at radius 3 is 2.45 bits per heavy atom. The zero-order valence-corrected chi connectivity index (χ0v) is 7.00. The molecule has 1 aliphatic rings. The van der Waals surface area contributed by atoms with E-state index >= 15 is 0 Å². The van der Waals surface area contributed by atoms with Crippen molar-refractivity contribution in [3.8, 4) is 0 Å². The van der Waals surface area contributed by atoms with E-state index in [9.17, 15) is 8.42 Å². The molecule has 0 radical (unpaired) electrons. The Balaban J connectivity index is 2.65. The highest BCUT2D eigenvalue weighted by Gasteiger charge is 2.27. The zero-order chi connectivity index (χ0) is 8.48. The normalized spacial score (nSPS) is 31.1. The fraction of sp³-hybridized carbons (Fsp3) is 0.667. The van der Waals surface area contributed by atoms with Gasteiger partial charge in [0.2, 0.25) is 0 Å². The van der Waals surface area contributed by atoms with E-state index in [-0.39, 0.29) is 6.04 Å². The molecule has 0 saturated heterocycles. The van der Waals surface area contributed by atoms with Gasteiger partial charge in [0.15, 0.2) is 0 Å². The van der Waals surface area contributed by atoms with Gasteiger partial charge in [0, 0.05) is 6.04 Å². The number of likely N-dealkylation sites (N-methyl/N-ethyl adjacent to an activating group) is 1. The lowest BCUT2D eigenvalue weighted by atomic mass is 10.3. The fourth-order valence-corrected chi connectivity index (χ4v) is 1.84. The number of hydrogen-bond acceptors (Lipinski definition) is 3. The average molecular weight is 177 g/mol. The molecule has 0 saturated carbocycles. The second-order valence-electron chi connectivity index (χ2n) is 2.57. The Morgan fingerprint density at radius 1 is 1.55 bits per heavy atom. The van der Waals surface area contributed by atoms with E-state index in [1.807, 2.05) is 0 Å². The van der Waals surface area contributed by atoms with Crippen LogP contribution in [0.25, 0.3) is 0 Å². The zero-order valence-electron chi connectivity index (χ0n) is 6.19. The van der Waals surface area contributed by atoms with Crippen molar-refractivity contribution in [3.05, 3.63) is 12.2 Å². The van der Waals surface area contributed by atoms with E-state index in [0.717, 1.165) is 0 Å². The van der Waals surface area contributed by atoms with Gasteiger partial charge in [-0.05, 0) is 13.5 Å². The predicted octanol–water partition coefficient (Wildman–Crippen LogP) is -0.209. The molecule has 0 spiro atoms. The van der Waals surface area contributed by atoms with Gasteiger partial charge >= 0.3 is 0 Å². The summed E-state index contributed by atoms with van der Waals surface area (Å²) in [5.41, 5.74) is 0. The number of rotatable bonds is 2. The summed E-state index contributed by atoms with van der Waals surface area (Å²) in [5, 5.41) is 2.18. The second kappa shape index (κ2) is 2.92. The monoisotopic (exact) mass is 177 g/mol. The maximum Gasteiger partial charge on any atom is 0.271 e. The third-order valence-electron chi connectivity index (χ3n) is 1.80. The SMILES string of the molecule is CN[C@@H]1C=C[C@H](S(=O)(=O)O)C1. The molecule has 1 aliphatic carbocycles. The molecule has 0 amide bonds. The summed E-state index contributed by atoms with van der Waals surface area (Å²) in [7, 11) is -2.12. The van der Waals surface area contributed by atoms with Crippen molar-refractivity contribution >= 4 is 10.1 Å². The summed E-state index contributed by atoms with van der Waals surface area (Å²) in [4.78, 5) is 0. The summed E-state index contributed by atoms with van der Waals surface area (Å²) in [5.74, 6) is 0. The van der Waals surface area contributed by atoms with E-state index < -0.39 is 15.4 Å². The number of hydrogen-bond donors (Lipinski definition) is 2. The maximum atomic E-state index is 10.6. The van der Waals surface area contributed by atoms with Gasteiger partial charge in [0.1, 0.15) is 5.25 Å². The van der Waals surface area contributed by atoms with Gasteiger partial charge in [0.05, 0.1) is 0 Å². The van der Waals surface area contributed by atoms with Crippen molar-refractivity contribution in [1.29, 1.82) is 0 Å². The van der Waals surface area contributed by atoms with Gasteiger partial charge in [-0.25, -0.2) is 0 Å². The van der Waals surface area contributed by atoms with Crippen LogP contribution in [0.4, 0.5) is 0 Å². The first-order chi connectivity index (χ1) is 5.04. The van der Waals surface area contributed by atoms with Crippen LogP contribution in [0.5, 0.6) is 0 Å². The van der Waals surface area contributed by atoms with Crippen LogP contribution in [-0.4, -0.2) is 31.3 Å². The van der Waals surface area contributed by atoms with Crippen LogP contribution in [0.15, 0.2) is 12.2 Å². The fourth-order valence-electron chi connectivity index (χ4n) is 1.10. The van der Waals surface area contributed by atoms with E-state index in [4.69, 9.17) is 4.55 Å². The molecule has 0 heterocycles. The maximum absolute atomic E-state index is 10.6. The van der Waals surface area contributed by atoms with Crippen LogP contribution in [0, 0.1) is 0 Å². The summed E-state index contributed by atoms with van der Waals surface area (Å²) < 4.78 is 29.8. The molecule has 2 atom stereocenters. The molecular weight excluding hydrogens is 166 g/mol. The van der Waals surface area contributed by atoms with E-state index in [0.29, 0.717) is 6.42 Å². The van der Waals surface area contributed by atoms with Gasteiger partial charge < -0.3 is 5.32 Å². The van der Waals surface area contributed by atoms with E-state index in [2.05, 4.69) is 5.32 Å². The molecule has 64 valence electrons. The Labute approximate surface area is 66.0 Å². The molecule has 5 heteroatoms. The molecule has 0 aromatic rings. The Kier molecular flexibility index (Phi) is 2.31. The van der Waals surface area contributed by atoms with Crippen molar-refractivity contribution in [2.24, 2.45) is 0 Å². The first-order valence-corrected chi connectivity index (χ1v) is 4.86. The van der Waals surface area contributed by atoms with Crippen molar-refractivity contribution in [2.75, 3.05) is 7.05 Å². The molecular formula is C6H11NO3S. The largest absolute Gasteiger partial charge is 0.313 e. The molecule has 0 unspecified atom stereocenters.